The van der Waals surface area contributed by atoms with Gasteiger partial charge in [0.25, 0.3) is 0 Å². The average molecular weight is 369 g/mol. The Labute approximate surface area is 157 Å². The van der Waals surface area contributed by atoms with Crippen molar-refractivity contribution in [3.05, 3.63) is 52.9 Å². The number of anilines is 2. The summed E-state index contributed by atoms with van der Waals surface area (Å²) in [5.41, 5.74) is 3.63. The molecule has 1 fully saturated rings. The first-order chi connectivity index (χ1) is 12.7. The van der Waals surface area contributed by atoms with Gasteiger partial charge in [0.15, 0.2) is 5.13 Å². The van der Waals surface area contributed by atoms with Crippen molar-refractivity contribution in [2.24, 2.45) is 7.05 Å². The molecule has 0 spiro atoms. The van der Waals surface area contributed by atoms with Gasteiger partial charge in [-0.25, -0.2) is 9.97 Å². The number of hydrogen-bond donors (Lipinski definition) is 1. The molecule has 26 heavy (non-hydrogen) atoms. The predicted octanol–water partition coefficient (Wildman–Crippen LogP) is 3.70. The molecule has 0 unspecified atom stereocenters. The molecule has 1 aliphatic heterocycles. The Bertz CT molecular complexity index is 853. The van der Waals surface area contributed by atoms with Crippen molar-refractivity contribution in [1.82, 2.24) is 24.6 Å². The van der Waals surface area contributed by atoms with Crippen molar-refractivity contribution in [2.45, 2.75) is 32.2 Å². The summed E-state index contributed by atoms with van der Waals surface area (Å²) >= 11 is 1.66. The molecule has 1 N–H and O–H groups in total. The average Bonchev–Trinajstić information content (AvgIpc) is 3.26. The summed E-state index contributed by atoms with van der Waals surface area (Å²) in [5, 5.41) is 10.7. The second-order valence-electron chi connectivity index (χ2n) is 7.02. The molecule has 0 bridgehead atoms. The van der Waals surface area contributed by atoms with Crippen LogP contribution in [0, 0.1) is 6.92 Å². The number of nitrogens with one attached hydrogen (secondary N) is 1. The van der Waals surface area contributed by atoms with Crippen LogP contribution < -0.4 is 5.32 Å². The number of pyridine rings is 1. The summed E-state index contributed by atoms with van der Waals surface area (Å²) in [6.45, 7) is 5.21. The van der Waals surface area contributed by atoms with Gasteiger partial charge in [0.1, 0.15) is 5.82 Å². The highest BCUT2D eigenvalue weighted by molar-refractivity contribution is 7.13. The molecule has 0 aliphatic carbocycles. The molecule has 7 heteroatoms. The summed E-state index contributed by atoms with van der Waals surface area (Å²) < 4.78 is 1.87. The fourth-order valence-corrected chi connectivity index (χ4v) is 4.23. The van der Waals surface area contributed by atoms with Gasteiger partial charge in [0, 0.05) is 49.4 Å². The molecule has 0 radical (unpaired) electrons. The lowest BCUT2D eigenvalue weighted by Gasteiger charge is -2.31. The monoisotopic (exact) mass is 368 g/mol. The van der Waals surface area contributed by atoms with E-state index >= 15 is 0 Å². The van der Waals surface area contributed by atoms with E-state index in [-0.39, 0.29) is 0 Å². The standard InChI is InChI=1S/C19H24N6S/c1-14-5-6-18(20-8-14)23-19-22-17(13-26-19)16-4-3-7-25(12-16)11-15-9-21-24(2)10-15/h5-6,8-10,13,16H,3-4,7,11-12H2,1-2H3,(H,20,22,23)/t16-/m1/s1. The summed E-state index contributed by atoms with van der Waals surface area (Å²) in [7, 11) is 1.97. The number of piperidine rings is 1. The topological polar surface area (TPSA) is 58.9 Å². The quantitative estimate of drug-likeness (QED) is 0.744. The van der Waals surface area contributed by atoms with Crippen molar-refractivity contribution < 1.29 is 0 Å². The molecule has 0 saturated carbocycles. The Hall–Kier alpha value is -2.25. The zero-order chi connectivity index (χ0) is 17.9. The third-order valence-electron chi connectivity index (χ3n) is 4.76. The normalized spacial score (nSPS) is 18.2. The number of aryl methyl sites for hydroxylation is 2. The second-order valence-corrected chi connectivity index (χ2v) is 7.88. The van der Waals surface area contributed by atoms with Gasteiger partial charge in [0.2, 0.25) is 0 Å². The van der Waals surface area contributed by atoms with Crippen LogP contribution in [0.2, 0.25) is 0 Å². The Morgan fingerprint density at radius 1 is 1.31 bits per heavy atom. The van der Waals surface area contributed by atoms with Crippen molar-refractivity contribution in [1.29, 1.82) is 0 Å². The van der Waals surface area contributed by atoms with Crippen LogP contribution in [0.15, 0.2) is 36.1 Å². The maximum atomic E-state index is 4.82. The van der Waals surface area contributed by atoms with Gasteiger partial charge in [-0.2, -0.15) is 5.10 Å². The molecule has 136 valence electrons. The smallest absolute Gasteiger partial charge is 0.188 e. The van der Waals surface area contributed by atoms with E-state index in [1.54, 1.807) is 11.3 Å². The lowest BCUT2D eigenvalue weighted by atomic mass is 9.95. The van der Waals surface area contributed by atoms with Gasteiger partial charge in [-0.15, -0.1) is 11.3 Å². The fraction of sp³-hybridized carbons (Fsp3) is 0.421. The summed E-state index contributed by atoms with van der Waals surface area (Å²) in [5.74, 6) is 1.34. The van der Waals surface area contributed by atoms with Crippen molar-refractivity contribution in [3.63, 3.8) is 0 Å². The van der Waals surface area contributed by atoms with Crippen LogP contribution in [-0.4, -0.2) is 37.7 Å². The van der Waals surface area contributed by atoms with E-state index in [2.05, 4.69) is 37.9 Å². The van der Waals surface area contributed by atoms with E-state index in [4.69, 9.17) is 4.98 Å². The molecule has 6 nitrogen and oxygen atoms in total. The minimum Gasteiger partial charge on any atom is -0.316 e. The second kappa shape index (κ2) is 7.55. The lowest BCUT2D eigenvalue weighted by Crippen LogP contribution is -2.33. The van der Waals surface area contributed by atoms with Crippen molar-refractivity contribution in [3.8, 4) is 0 Å². The highest BCUT2D eigenvalue weighted by Crippen LogP contribution is 2.31. The number of rotatable bonds is 5. The molecule has 3 aromatic rings. The molecule has 0 aromatic carbocycles. The highest BCUT2D eigenvalue weighted by atomic mass is 32.1. The summed E-state index contributed by atoms with van der Waals surface area (Å²) in [6.07, 6.45) is 8.35. The van der Waals surface area contributed by atoms with Crippen LogP contribution in [0.5, 0.6) is 0 Å². The third kappa shape index (κ3) is 4.11. The van der Waals surface area contributed by atoms with Crippen LogP contribution >= 0.6 is 11.3 Å². The minimum atomic E-state index is 0.498. The molecule has 1 saturated heterocycles. The van der Waals surface area contributed by atoms with E-state index < -0.39 is 0 Å². The Morgan fingerprint density at radius 3 is 3.00 bits per heavy atom. The largest absolute Gasteiger partial charge is 0.316 e. The van der Waals surface area contributed by atoms with Crippen molar-refractivity contribution in [2.75, 3.05) is 18.4 Å². The van der Waals surface area contributed by atoms with Gasteiger partial charge in [-0.1, -0.05) is 6.07 Å². The minimum absolute atomic E-state index is 0.498. The van der Waals surface area contributed by atoms with Crippen LogP contribution in [0.1, 0.15) is 35.6 Å². The van der Waals surface area contributed by atoms with Crippen LogP contribution in [0.25, 0.3) is 0 Å². The molecule has 1 aliphatic rings. The molecule has 0 amide bonds. The zero-order valence-corrected chi connectivity index (χ0v) is 16.0. The fourth-order valence-electron chi connectivity index (χ4n) is 3.43. The van der Waals surface area contributed by atoms with E-state index in [0.717, 1.165) is 36.1 Å². The number of aromatic nitrogens is 4. The van der Waals surface area contributed by atoms with E-state index in [1.165, 1.54) is 24.1 Å². The van der Waals surface area contributed by atoms with E-state index in [1.807, 2.05) is 37.1 Å². The summed E-state index contributed by atoms with van der Waals surface area (Å²) in [6, 6.07) is 4.05. The van der Waals surface area contributed by atoms with Crippen LogP contribution in [0.4, 0.5) is 10.9 Å². The zero-order valence-electron chi connectivity index (χ0n) is 15.2. The number of thiazole rings is 1. The number of likely N-dealkylation sites (tertiary alicyclic amines) is 1. The van der Waals surface area contributed by atoms with E-state index in [0.29, 0.717) is 5.92 Å². The number of nitrogens with zero attached hydrogens (tertiary/aromatic N) is 5. The van der Waals surface area contributed by atoms with E-state index in [9.17, 15) is 0 Å². The Balaban J connectivity index is 1.39. The predicted molar refractivity (Wildman–Crippen MR) is 105 cm³/mol. The molecule has 1 atom stereocenters. The Kier molecular flexibility index (Phi) is 4.99. The Morgan fingerprint density at radius 2 is 2.23 bits per heavy atom. The SMILES string of the molecule is Cc1ccc(Nc2nc([C@@H]3CCCN(Cc4cnn(C)c4)C3)cs2)nc1. The van der Waals surface area contributed by atoms with Gasteiger partial charge in [-0.3, -0.25) is 9.58 Å². The number of hydrogen-bond acceptors (Lipinski definition) is 6. The van der Waals surface area contributed by atoms with Gasteiger partial charge < -0.3 is 5.32 Å². The van der Waals surface area contributed by atoms with Crippen molar-refractivity contribution >= 4 is 22.3 Å². The van der Waals surface area contributed by atoms with Gasteiger partial charge in [-0.05, 0) is 37.9 Å². The highest BCUT2D eigenvalue weighted by Gasteiger charge is 2.23. The maximum absolute atomic E-state index is 4.82. The third-order valence-corrected chi connectivity index (χ3v) is 5.53. The molecule has 3 aromatic heterocycles. The van der Waals surface area contributed by atoms with Gasteiger partial charge in [0.05, 0.1) is 11.9 Å². The molecule has 4 heterocycles. The molecule has 4 rings (SSSR count). The first kappa shape index (κ1) is 17.2. The lowest BCUT2D eigenvalue weighted by molar-refractivity contribution is 0.199. The van der Waals surface area contributed by atoms with Crippen LogP contribution in [-0.2, 0) is 13.6 Å². The molecular weight excluding hydrogens is 344 g/mol. The van der Waals surface area contributed by atoms with Gasteiger partial charge >= 0.3 is 0 Å². The first-order valence-electron chi connectivity index (χ1n) is 9.01. The van der Waals surface area contributed by atoms with Crippen LogP contribution in [0.3, 0.4) is 0 Å². The summed E-state index contributed by atoms with van der Waals surface area (Å²) in [4.78, 5) is 11.7. The first-order valence-corrected chi connectivity index (χ1v) is 9.88. The maximum Gasteiger partial charge on any atom is 0.188 e. The molecular formula is C19H24N6S.